The number of hydrogen-bond donors (Lipinski definition) is 0. The number of hydrogen-bond acceptors (Lipinski definition) is 1. The van der Waals surface area contributed by atoms with Crippen LogP contribution in [0, 0.1) is 5.82 Å². The molecule has 3 atom stereocenters. The zero-order valence-electron chi connectivity index (χ0n) is 13.0. The van der Waals surface area contributed by atoms with Crippen LogP contribution in [0.25, 0.3) is 5.57 Å². The fourth-order valence-electron chi connectivity index (χ4n) is 4.18. The minimum atomic E-state index is -0.254. The summed E-state index contributed by atoms with van der Waals surface area (Å²) >= 11 is 6.46. The van der Waals surface area contributed by atoms with Gasteiger partial charge in [-0.25, -0.2) is 4.39 Å². The van der Waals surface area contributed by atoms with Crippen molar-refractivity contribution >= 4 is 17.2 Å². The van der Waals surface area contributed by atoms with Gasteiger partial charge in [0.1, 0.15) is 12.0 Å². The molecule has 3 unspecified atom stereocenters. The van der Waals surface area contributed by atoms with Crippen molar-refractivity contribution in [3.8, 4) is 0 Å². The summed E-state index contributed by atoms with van der Waals surface area (Å²) in [5.74, 6) is -0.0135. The molecule has 0 bridgehead atoms. The SMILES string of the molecule is CC1=CC=C2c3c(Cl)cc(F)cc3C(C)C[N+]3(C)C=CN1C23. The highest BCUT2D eigenvalue weighted by Gasteiger charge is 2.48. The molecule has 0 radical (unpaired) electrons. The van der Waals surface area contributed by atoms with Gasteiger partial charge in [-0.3, -0.25) is 9.38 Å². The van der Waals surface area contributed by atoms with E-state index in [1.54, 1.807) is 6.07 Å². The number of quaternary nitrogens is 1. The van der Waals surface area contributed by atoms with Crippen LogP contribution in [0.3, 0.4) is 0 Å². The molecule has 0 N–H and O–H groups in total. The summed E-state index contributed by atoms with van der Waals surface area (Å²) in [5.41, 5.74) is 4.44. The molecule has 1 aromatic carbocycles. The summed E-state index contributed by atoms with van der Waals surface area (Å²) in [6.45, 7) is 5.20. The molecule has 0 spiro atoms. The van der Waals surface area contributed by atoms with Crippen molar-refractivity contribution in [1.82, 2.24) is 4.90 Å². The second-order valence-corrected chi connectivity index (χ2v) is 7.20. The smallest absolute Gasteiger partial charge is 0.199 e. The Morgan fingerprint density at radius 3 is 2.86 bits per heavy atom. The van der Waals surface area contributed by atoms with Crippen LogP contribution in [0.15, 0.2) is 42.4 Å². The van der Waals surface area contributed by atoms with Gasteiger partial charge in [0.2, 0.25) is 0 Å². The Kier molecular flexibility index (Phi) is 2.85. The Labute approximate surface area is 135 Å². The lowest BCUT2D eigenvalue weighted by Crippen LogP contribution is -2.52. The van der Waals surface area contributed by atoms with Crippen LogP contribution < -0.4 is 0 Å². The first-order chi connectivity index (χ1) is 10.4. The molecule has 22 heavy (non-hydrogen) atoms. The van der Waals surface area contributed by atoms with E-state index in [1.165, 1.54) is 17.3 Å². The Balaban J connectivity index is 2.03. The molecule has 0 fully saturated rings. The van der Waals surface area contributed by atoms with E-state index in [2.05, 4.69) is 50.3 Å². The lowest BCUT2D eigenvalue weighted by Gasteiger charge is -2.40. The van der Waals surface area contributed by atoms with E-state index < -0.39 is 0 Å². The molecule has 4 rings (SSSR count). The molecule has 0 aromatic heterocycles. The fourth-order valence-corrected chi connectivity index (χ4v) is 4.50. The molecule has 3 aliphatic rings. The van der Waals surface area contributed by atoms with Crippen molar-refractivity contribution in [1.29, 1.82) is 0 Å². The normalized spacial score (nSPS) is 32.1. The van der Waals surface area contributed by atoms with Crippen molar-refractivity contribution in [2.45, 2.75) is 25.9 Å². The quantitative estimate of drug-likeness (QED) is 0.639. The van der Waals surface area contributed by atoms with Crippen LogP contribution in [0.2, 0.25) is 5.02 Å². The van der Waals surface area contributed by atoms with Gasteiger partial charge in [-0.05, 0) is 36.8 Å². The molecule has 114 valence electrons. The second kappa shape index (κ2) is 4.46. The number of likely N-dealkylation sites (N-methyl/N-ethyl adjacent to an activating group) is 1. The number of nitrogens with zero attached hydrogens (tertiary/aromatic N) is 2. The van der Waals surface area contributed by atoms with E-state index in [1.807, 2.05) is 0 Å². The molecule has 0 saturated heterocycles. The van der Waals surface area contributed by atoms with Gasteiger partial charge in [0.15, 0.2) is 6.17 Å². The molecular weight excluding hydrogens is 299 g/mol. The molecule has 0 aliphatic carbocycles. The molecule has 3 aliphatic heterocycles. The molecule has 0 amide bonds. The minimum Gasteiger partial charge on any atom is -0.293 e. The molecule has 1 aromatic rings. The number of allylic oxidation sites excluding steroid dienone is 3. The number of fused-ring (bicyclic) bond motifs is 2. The van der Waals surface area contributed by atoms with Crippen molar-refractivity contribution in [2.24, 2.45) is 0 Å². The largest absolute Gasteiger partial charge is 0.293 e. The predicted octanol–water partition coefficient (Wildman–Crippen LogP) is 4.46. The third-order valence-electron chi connectivity index (χ3n) is 5.15. The lowest BCUT2D eigenvalue weighted by atomic mass is 9.90. The van der Waals surface area contributed by atoms with Gasteiger partial charge in [-0.1, -0.05) is 18.5 Å². The third-order valence-corrected chi connectivity index (χ3v) is 5.45. The van der Waals surface area contributed by atoms with Crippen LogP contribution >= 0.6 is 11.6 Å². The topological polar surface area (TPSA) is 3.24 Å². The Morgan fingerprint density at radius 1 is 1.32 bits per heavy atom. The summed E-state index contributed by atoms with van der Waals surface area (Å²) in [7, 11) is 2.24. The van der Waals surface area contributed by atoms with E-state index in [9.17, 15) is 4.39 Å². The van der Waals surface area contributed by atoms with E-state index in [0.717, 1.165) is 22.2 Å². The van der Waals surface area contributed by atoms with Gasteiger partial charge in [0.05, 0.1) is 24.8 Å². The second-order valence-electron chi connectivity index (χ2n) is 6.79. The van der Waals surface area contributed by atoms with E-state index in [4.69, 9.17) is 11.6 Å². The first kappa shape index (κ1) is 14.0. The summed E-state index contributed by atoms with van der Waals surface area (Å²) < 4.78 is 14.7. The number of benzene rings is 1. The van der Waals surface area contributed by atoms with Gasteiger partial charge >= 0.3 is 0 Å². The Hall–Kier alpha value is -1.58. The summed E-state index contributed by atoms with van der Waals surface area (Å²) in [6.07, 6.45) is 8.87. The fraction of sp³-hybridized carbons (Fsp3) is 0.333. The van der Waals surface area contributed by atoms with E-state index in [0.29, 0.717) is 5.02 Å². The summed E-state index contributed by atoms with van der Waals surface area (Å²) in [6, 6.07) is 3.09. The first-order valence-electron chi connectivity index (χ1n) is 7.61. The van der Waals surface area contributed by atoms with Gasteiger partial charge < -0.3 is 0 Å². The van der Waals surface area contributed by atoms with Gasteiger partial charge in [0, 0.05) is 22.8 Å². The summed E-state index contributed by atoms with van der Waals surface area (Å²) in [5, 5.41) is 0.515. The predicted molar refractivity (Wildman–Crippen MR) is 87.4 cm³/mol. The van der Waals surface area contributed by atoms with Gasteiger partial charge in [0.25, 0.3) is 0 Å². The van der Waals surface area contributed by atoms with E-state index >= 15 is 0 Å². The zero-order valence-corrected chi connectivity index (χ0v) is 13.7. The van der Waals surface area contributed by atoms with Crippen LogP contribution in [0.5, 0.6) is 0 Å². The Morgan fingerprint density at radius 2 is 2.09 bits per heavy atom. The highest BCUT2D eigenvalue weighted by molar-refractivity contribution is 6.32. The highest BCUT2D eigenvalue weighted by Crippen LogP contribution is 2.47. The maximum absolute atomic E-state index is 13.9. The van der Waals surface area contributed by atoms with Crippen molar-refractivity contribution in [2.75, 3.05) is 13.6 Å². The van der Waals surface area contributed by atoms with Crippen LogP contribution in [-0.4, -0.2) is 29.1 Å². The first-order valence-corrected chi connectivity index (χ1v) is 7.99. The molecular formula is C18H19ClFN2+. The number of rotatable bonds is 0. The van der Waals surface area contributed by atoms with Gasteiger partial charge in [-0.15, -0.1) is 0 Å². The molecule has 3 heterocycles. The monoisotopic (exact) mass is 317 g/mol. The Bertz CT molecular complexity index is 765. The zero-order chi connectivity index (χ0) is 15.6. The van der Waals surface area contributed by atoms with Crippen molar-refractivity contribution in [3.63, 3.8) is 0 Å². The highest BCUT2D eigenvalue weighted by atomic mass is 35.5. The standard InChI is InChI=1S/C18H19ClFN2/c1-11-10-22(3)7-6-21-12(2)4-5-14(18(21)22)17-15(11)8-13(20)9-16(17)19/h4-9,11,18H,10H2,1-3H3/q+1. The van der Waals surface area contributed by atoms with Crippen LogP contribution in [0.1, 0.15) is 30.9 Å². The summed E-state index contributed by atoms with van der Waals surface area (Å²) in [4.78, 5) is 2.30. The number of halogens is 2. The maximum atomic E-state index is 13.9. The van der Waals surface area contributed by atoms with Crippen LogP contribution in [-0.2, 0) is 0 Å². The molecule has 2 nitrogen and oxygen atoms in total. The molecule has 4 heteroatoms. The minimum absolute atomic E-state index is 0.191. The van der Waals surface area contributed by atoms with E-state index in [-0.39, 0.29) is 17.9 Å². The van der Waals surface area contributed by atoms with Crippen molar-refractivity contribution in [3.05, 3.63) is 64.3 Å². The lowest BCUT2D eigenvalue weighted by molar-refractivity contribution is -0.879. The average Bonchev–Trinajstić information content (AvgIpc) is 2.74. The molecule has 0 saturated carbocycles. The van der Waals surface area contributed by atoms with Crippen molar-refractivity contribution < 1.29 is 8.87 Å². The van der Waals surface area contributed by atoms with Crippen LogP contribution in [0.4, 0.5) is 4.39 Å². The van der Waals surface area contributed by atoms with Gasteiger partial charge in [-0.2, -0.15) is 0 Å². The third kappa shape index (κ3) is 1.76. The maximum Gasteiger partial charge on any atom is 0.199 e. The average molecular weight is 318 g/mol.